The monoisotopic (exact) mass is 783 g/mol. The number of esters is 1. The Bertz CT molecular complexity index is 1070. The highest BCUT2D eigenvalue weighted by Gasteiger charge is 2.26. The van der Waals surface area contributed by atoms with E-state index in [0.717, 1.165) is 51.4 Å². The topological polar surface area (TPSA) is 112 Å². The Balaban J connectivity index is 4.40. The van der Waals surface area contributed by atoms with Gasteiger partial charge >= 0.3 is 13.8 Å². The van der Waals surface area contributed by atoms with Gasteiger partial charge in [-0.25, -0.2) is 4.57 Å². The number of rotatable bonds is 38. The van der Waals surface area contributed by atoms with E-state index in [9.17, 15) is 19.4 Å². The third-order valence-corrected chi connectivity index (χ3v) is 9.69. The molecule has 0 aliphatic carbocycles. The normalized spacial score (nSPS) is 14.9. The van der Waals surface area contributed by atoms with Gasteiger partial charge in [0.1, 0.15) is 19.8 Å². The van der Waals surface area contributed by atoms with Crippen molar-refractivity contribution in [3.8, 4) is 0 Å². The van der Waals surface area contributed by atoms with Crippen LogP contribution < -0.4 is 0 Å². The molecular formula is C44H81NO8P+. The number of aliphatic hydroxyl groups excluding tert-OH is 1. The van der Waals surface area contributed by atoms with Crippen LogP contribution in [0.1, 0.15) is 155 Å². The number of allylic oxidation sites excluding steroid dienone is 7. The predicted molar refractivity (Wildman–Crippen MR) is 225 cm³/mol. The first-order valence-corrected chi connectivity index (χ1v) is 22.7. The highest BCUT2D eigenvalue weighted by atomic mass is 31.2. The molecular weight excluding hydrogens is 701 g/mol. The molecule has 0 radical (unpaired) electrons. The van der Waals surface area contributed by atoms with Gasteiger partial charge in [0, 0.05) is 6.42 Å². The number of phosphoric acid groups is 1. The molecule has 0 aliphatic heterocycles. The number of nitrogens with zero attached hydrogens (tertiary/aromatic N) is 1. The fourth-order valence-corrected chi connectivity index (χ4v) is 6.11. The molecule has 0 aromatic rings. The minimum absolute atomic E-state index is 0.0197. The molecule has 0 saturated carbocycles. The number of hydrogen-bond acceptors (Lipinski definition) is 7. The molecule has 9 nitrogen and oxygen atoms in total. The number of carbonyl (C=O) groups is 1. The van der Waals surface area contributed by atoms with Gasteiger partial charge < -0.3 is 24.0 Å². The summed E-state index contributed by atoms with van der Waals surface area (Å²) in [5, 5.41) is 9.88. The van der Waals surface area contributed by atoms with Crippen LogP contribution in [0.5, 0.6) is 0 Å². The fraction of sp³-hybridized carbons (Fsp3) is 0.750. The molecule has 0 aromatic carbocycles. The van der Waals surface area contributed by atoms with Gasteiger partial charge in [-0.15, -0.1) is 0 Å². The first-order chi connectivity index (χ1) is 26.0. The summed E-state index contributed by atoms with van der Waals surface area (Å²) in [4.78, 5) is 22.8. The summed E-state index contributed by atoms with van der Waals surface area (Å²) < 4.78 is 34.6. The third kappa shape index (κ3) is 39.7. The average Bonchev–Trinajstić information content (AvgIpc) is 3.11. The van der Waals surface area contributed by atoms with Crippen molar-refractivity contribution in [2.45, 2.75) is 167 Å². The number of hydrogen-bond donors (Lipinski definition) is 2. The number of quaternary nitrogens is 1. The van der Waals surface area contributed by atoms with Crippen molar-refractivity contribution in [3.63, 3.8) is 0 Å². The minimum Gasteiger partial charge on any atom is -0.498 e. The summed E-state index contributed by atoms with van der Waals surface area (Å²) in [5.41, 5.74) is 0. The van der Waals surface area contributed by atoms with Crippen molar-refractivity contribution in [3.05, 3.63) is 60.9 Å². The molecule has 0 spiro atoms. The lowest BCUT2D eigenvalue weighted by molar-refractivity contribution is -0.870. The number of aliphatic hydroxyl groups is 1. The van der Waals surface area contributed by atoms with Crippen LogP contribution in [0.3, 0.4) is 0 Å². The highest BCUT2D eigenvalue weighted by molar-refractivity contribution is 7.47. The summed E-state index contributed by atoms with van der Waals surface area (Å²) in [7, 11) is 1.58. The fourth-order valence-electron chi connectivity index (χ4n) is 5.37. The van der Waals surface area contributed by atoms with Gasteiger partial charge in [0.05, 0.1) is 40.1 Å². The van der Waals surface area contributed by atoms with Gasteiger partial charge in [-0.1, -0.05) is 127 Å². The van der Waals surface area contributed by atoms with Crippen LogP contribution in [-0.4, -0.2) is 80.2 Å². The Hall–Kier alpha value is -2.00. The van der Waals surface area contributed by atoms with Crippen molar-refractivity contribution in [2.24, 2.45) is 0 Å². The lowest BCUT2D eigenvalue weighted by Crippen LogP contribution is -2.37. The van der Waals surface area contributed by atoms with Crippen LogP contribution >= 0.6 is 7.82 Å². The van der Waals surface area contributed by atoms with E-state index in [2.05, 4.69) is 38.2 Å². The Kier molecular flexibility index (Phi) is 35.3. The zero-order valence-electron chi connectivity index (χ0n) is 35.1. The van der Waals surface area contributed by atoms with Gasteiger partial charge in [0.15, 0.2) is 6.10 Å². The van der Waals surface area contributed by atoms with Crippen molar-refractivity contribution in [2.75, 3.05) is 47.5 Å². The zero-order chi connectivity index (χ0) is 40.0. The maximum absolute atomic E-state index is 12.7. The van der Waals surface area contributed by atoms with Crippen molar-refractivity contribution in [1.82, 2.24) is 0 Å². The smallest absolute Gasteiger partial charge is 0.472 e. The maximum atomic E-state index is 12.7. The quantitative estimate of drug-likeness (QED) is 0.0121. The molecule has 0 aliphatic rings. The standard InChI is InChI=1S/C44H80NO8P/c1-6-8-10-11-12-13-14-15-16-17-18-19-23-26-29-33-38-50-40-43(41-52-54(48,49)51-39-37-45(3,4)5)53-44(47)36-32-28-25-22-20-21-24-27-31-35-42(46)34-30-9-7-2/h9,13-14,24,27,30-31,33,35,38,42-43,46H,6-8,10-12,15-23,25-26,28-29,32,34,36-37,39-41H2,1-5H3/p+1/b14-13-,27-24+,30-9+,35-31+,38-33+/t42?,43-/m1/s1. The summed E-state index contributed by atoms with van der Waals surface area (Å²) >= 11 is 0. The first kappa shape index (κ1) is 52.0. The van der Waals surface area contributed by atoms with Gasteiger partial charge in [0.2, 0.25) is 0 Å². The van der Waals surface area contributed by atoms with Crippen LogP contribution in [0, 0.1) is 0 Å². The molecule has 0 aromatic heterocycles. The van der Waals surface area contributed by atoms with Crippen LogP contribution in [0.4, 0.5) is 0 Å². The van der Waals surface area contributed by atoms with Gasteiger partial charge in [-0.3, -0.25) is 13.8 Å². The molecule has 3 atom stereocenters. The largest absolute Gasteiger partial charge is 0.498 e. The summed E-state index contributed by atoms with van der Waals surface area (Å²) in [6.45, 7) is 4.64. The van der Waals surface area contributed by atoms with E-state index >= 15 is 0 Å². The lowest BCUT2D eigenvalue weighted by Gasteiger charge is -2.24. The van der Waals surface area contributed by atoms with Crippen LogP contribution in [0.25, 0.3) is 0 Å². The molecule has 0 saturated heterocycles. The summed E-state index contributed by atoms with van der Waals surface area (Å²) in [6, 6.07) is 0. The molecule has 0 fully saturated rings. The highest BCUT2D eigenvalue weighted by Crippen LogP contribution is 2.43. The summed E-state index contributed by atoms with van der Waals surface area (Å²) in [6.07, 6.45) is 42.5. The second-order valence-electron chi connectivity index (χ2n) is 15.3. The first-order valence-electron chi connectivity index (χ1n) is 21.2. The van der Waals surface area contributed by atoms with Gasteiger partial charge in [-0.2, -0.15) is 0 Å². The molecule has 10 heteroatoms. The van der Waals surface area contributed by atoms with Crippen molar-refractivity contribution >= 4 is 13.8 Å². The molecule has 0 heterocycles. The maximum Gasteiger partial charge on any atom is 0.472 e. The van der Waals surface area contributed by atoms with E-state index in [4.69, 9.17) is 18.5 Å². The van der Waals surface area contributed by atoms with Crippen LogP contribution in [0.2, 0.25) is 0 Å². The molecule has 0 amide bonds. The number of ether oxygens (including phenoxy) is 2. The predicted octanol–water partition coefficient (Wildman–Crippen LogP) is 11.5. The molecule has 2 unspecified atom stereocenters. The number of likely N-dealkylation sites (N-methyl/N-ethyl adjacent to an activating group) is 1. The second-order valence-corrected chi connectivity index (χ2v) is 16.7. The SMILES string of the molecule is CC/C=C/CC(O)/C=C/C=C/CCCCCCCC(=O)O[C@H](CO/C=C/CCCCCCCC/C=C\CCCCCC)COP(=O)(O)OCC[N+](C)(C)C. The van der Waals surface area contributed by atoms with Crippen molar-refractivity contribution < 1.29 is 42.4 Å². The van der Waals surface area contributed by atoms with E-state index in [1.807, 2.05) is 45.4 Å². The lowest BCUT2D eigenvalue weighted by atomic mass is 10.1. The van der Waals surface area contributed by atoms with E-state index < -0.39 is 20.0 Å². The Morgan fingerprint density at radius 3 is 1.87 bits per heavy atom. The van der Waals surface area contributed by atoms with E-state index in [1.165, 1.54) is 70.6 Å². The average molecular weight is 783 g/mol. The number of phosphoric ester groups is 1. The van der Waals surface area contributed by atoms with E-state index in [1.54, 1.807) is 12.3 Å². The van der Waals surface area contributed by atoms with Gasteiger partial charge in [-0.05, 0) is 76.7 Å². The Labute approximate surface area is 331 Å². The molecule has 314 valence electrons. The zero-order valence-corrected chi connectivity index (χ0v) is 35.9. The van der Waals surface area contributed by atoms with Crippen LogP contribution in [0.15, 0.2) is 60.9 Å². The number of carbonyl (C=O) groups excluding carboxylic acids is 1. The van der Waals surface area contributed by atoms with E-state index in [0.29, 0.717) is 23.9 Å². The summed E-state index contributed by atoms with van der Waals surface area (Å²) in [5.74, 6) is -0.379. The second kappa shape index (κ2) is 36.6. The van der Waals surface area contributed by atoms with Crippen LogP contribution in [-0.2, 0) is 27.9 Å². The van der Waals surface area contributed by atoms with Crippen molar-refractivity contribution in [1.29, 1.82) is 0 Å². The number of unbranched alkanes of at least 4 members (excludes halogenated alkanes) is 16. The molecule has 2 N–H and O–H groups in total. The third-order valence-electron chi connectivity index (χ3n) is 8.71. The molecule has 0 rings (SSSR count). The minimum atomic E-state index is -4.31. The van der Waals surface area contributed by atoms with E-state index in [-0.39, 0.29) is 32.2 Å². The molecule has 54 heavy (non-hydrogen) atoms. The Morgan fingerprint density at radius 2 is 1.26 bits per heavy atom. The molecule has 0 bridgehead atoms. The Morgan fingerprint density at radius 1 is 0.685 bits per heavy atom. The van der Waals surface area contributed by atoms with Gasteiger partial charge in [0.25, 0.3) is 0 Å².